The van der Waals surface area contributed by atoms with Crippen LogP contribution in [0.15, 0.2) is 23.8 Å². The first kappa shape index (κ1) is 17.0. The molecule has 0 spiro atoms. The van der Waals surface area contributed by atoms with Gasteiger partial charge in [-0.3, -0.25) is 5.41 Å². The second-order valence-electron chi connectivity index (χ2n) is 4.54. The van der Waals surface area contributed by atoms with Crippen molar-refractivity contribution in [2.45, 2.75) is 25.7 Å². The Labute approximate surface area is 127 Å². The third-order valence-electron chi connectivity index (χ3n) is 3.26. The summed E-state index contributed by atoms with van der Waals surface area (Å²) < 4.78 is 27.2. The molecule has 0 aromatic heterocycles. The number of nitrogens with one attached hydrogen (secondary N) is 1. The molecule has 1 aliphatic rings. The molecule has 1 aliphatic carbocycles. The number of rotatable bonds is 3. The Morgan fingerprint density at radius 1 is 1.25 bits per heavy atom. The molecule has 3 N–H and O–H groups in total. The summed E-state index contributed by atoms with van der Waals surface area (Å²) in [4.78, 5) is 0. The van der Waals surface area contributed by atoms with Crippen LogP contribution in [0.1, 0.15) is 31.2 Å². The number of benzene rings is 1. The van der Waals surface area contributed by atoms with Crippen molar-refractivity contribution in [2.75, 3.05) is 5.75 Å². The van der Waals surface area contributed by atoms with Gasteiger partial charge in [0.25, 0.3) is 0 Å². The number of thioether (sulfide) groups is 1. The molecule has 1 aromatic rings. The topological polar surface area (TPSA) is 49.9 Å². The molecule has 2 nitrogen and oxygen atoms in total. The van der Waals surface area contributed by atoms with Crippen LogP contribution < -0.4 is 5.73 Å². The van der Waals surface area contributed by atoms with Gasteiger partial charge < -0.3 is 5.73 Å². The first-order valence-corrected chi connectivity index (χ1v) is 7.20. The van der Waals surface area contributed by atoms with Gasteiger partial charge in [0.15, 0.2) is 16.8 Å². The van der Waals surface area contributed by atoms with Crippen molar-refractivity contribution in [2.24, 2.45) is 5.73 Å². The van der Waals surface area contributed by atoms with E-state index in [9.17, 15) is 8.78 Å². The summed E-state index contributed by atoms with van der Waals surface area (Å²) in [6, 6.07) is 4.29. The lowest BCUT2D eigenvalue weighted by atomic mass is 9.88. The van der Waals surface area contributed by atoms with E-state index in [0.29, 0.717) is 11.3 Å². The second kappa shape index (κ2) is 7.64. The van der Waals surface area contributed by atoms with Crippen LogP contribution in [-0.4, -0.2) is 10.9 Å². The van der Waals surface area contributed by atoms with Crippen LogP contribution in [-0.2, 0) is 0 Å². The van der Waals surface area contributed by atoms with Crippen molar-refractivity contribution in [1.29, 1.82) is 5.41 Å². The van der Waals surface area contributed by atoms with Crippen LogP contribution in [0, 0.1) is 17.0 Å². The van der Waals surface area contributed by atoms with Gasteiger partial charge in [0.05, 0.1) is 0 Å². The van der Waals surface area contributed by atoms with E-state index in [2.05, 4.69) is 0 Å². The average Bonchev–Trinajstić information content (AvgIpc) is 2.40. The number of hydrogen-bond donors (Lipinski definition) is 2. The highest BCUT2D eigenvalue weighted by Crippen LogP contribution is 2.35. The minimum Gasteiger partial charge on any atom is -0.379 e. The summed E-state index contributed by atoms with van der Waals surface area (Å²) in [6.45, 7) is 0. The quantitative estimate of drug-likeness (QED) is 0.643. The first-order valence-electron chi connectivity index (χ1n) is 6.21. The van der Waals surface area contributed by atoms with E-state index in [1.165, 1.54) is 17.8 Å². The SMILES string of the molecule is Cl.N=C(N)SCC1=C(c2cccc(F)c2F)CCCC1. The molecule has 1 aromatic carbocycles. The summed E-state index contributed by atoms with van der Waals surface area (Å²) >= 11 is 1.23. The van der Waals surface area contributed by atoms with Gasteiger partial charge in [0, 0.05) is 11.3 Å². The minimum atomic E-state index is -0.811. The molecule has 0 fully saturated rings. The zero-order chi connectivity index (χ0) is 13.8. The van der Waals surface area contributed by atoms with E-state index in [1.807, 2.05) is 0 Å². The van der Waals surface area contributed by atoms with Crippen molar-refractivity contribution >= 4 is 34.9 Å². The summed E-state index contributed by atoms with van der Waals surface area (Å²) in [5, 5.41) is 7.30. The van der Waals surface area contributed by atoms with Crippen molar-refractivity contribution in [3.05, 3.63) is 41.0 Å². The van der Waals surface area contributed by atoms with Crippen molar-refractivity contribution in [1.82, 2.24) is 0 Å². The summed E-state index contributed by atoms with van der Waals surface area (Å²) in [5.41, 5.74) is 7.66. The van der Waals surface area contributed by atoms with Crippen molar-refractivity contribution in [3.63, 3.8) is 0 Å². The summed E-state index contributed by atoms with van der Waals surface area (Å²) in [6.07, 6.45) is 3.66. The number of halogens is 3. The Kier molecular flexibility index (Phi) is 6.49. The molecule has 0 aliphatic heterocycles. The van der Waals surface area contributed by atoms with Crippen molar-refractivity contribution in [3.8, 4) is 0 Å². The fourth-order valence-electron chi connectivity index (χ4n) is 2.35. The van der Waals surface area contributed by atoms with Crippen LogP contribution >= 0.6 is 24.2 Å². The highest BCUT2D eigenvalue weighted by Gasteiger charge is 2.19. The Morgan fingerprint density at radius 3 is 2.65 bits per heavy atom. The molecule has 0 bridgehead atoms. The molecule has 2 rings (SSSR count). The molecular formula is C14H17ClF2N2S. The van der Waals surface area contributed by atoms with Crippen LogP contribution in [0.25, 0.3) is 5.57 Å². The normalized spacial score (nSPS) is 14.9. The maximum Gasteiger partial charge on any atom is 0.166 e. The van der Waals surface area contributed by atoms with E-state index >= 15 is 0 Å². The molecule has 0 saturated carbocycles. The maximum absolute atomic E-state index is 13.9. The van der Waals surface area contributed by atoms with E-state index in [4.69, 9.17) is 11.1 Å². The Morgan fingerprint density at radius 2 is 1.95 bits per heavy atom. The van der Waals surface area contributed by atoms with Crippen LogP contribution in [0.3, 0.4) is 0 Å². The van der Waals surface area contributed by atoms with Gasteiger partial charge in [-0.05, 0) is 37.3 Å². The third kappa shape index (κ3) is 3.96. The fraction of sp³-hybridized carbons (Fsp3) is 0.357. The summed E-state index contributed by atoms with van der Waals surface area (Å²) in [7, 11) is 0. The lowest BCUT2D eigenvalue weighted by Crippen LogP contribution is -2.09. The van der Waals surface area contributed by atoms with Gasteiger partial charge >= 0.3 is 0 Å². The van der Waals surface area contributed by atoms with Gasteiger partial charge in [0.2, 0.25) is 0 Å². The first-order chi connectivity index (χ1) is 9.09. The van der Waals surface area contributed by atoms with E-state index in [-0.39, 0.29) is 17.6 Å². The maximum atomic E-state index is 13.9. The number of hydrogen-bond acceptors (Lipinski definition) is 2. The Balaban J connectivity index is 0.00000200. The lowest BCUT2D eigenvalue weighted by Gasteiger charge is -2.21. The zero-order valence-corrected chi connectivity index (χ0v) is 12.6. The van der Waals surface area contributed by atoms with E-state index in [1.54, 1.807) is 6.07 Å². The van der Waals surface area contributed by atoms with Gasteiger partial charge in [-0.25, -0.2) is 8.78 Å². The molecule has 20 heavy (non-hydrogen) atoms. The minimum absolute atomic E-state index is 0. The van der Waals surface area contributed by atoms with E-state index < -0.39 is 11.6 Å². The van der Waals surface area contributed by atoms with Gasteiger partial charge in [-0.15, -0.1) is 12.4 Å². The fourth-order valence-corrected chi connectivity index (χ4v) is 3.00. The monoisotopic (exact) mass is 318 g/mol. The van der Waals surface area contributed by atoms with Gasteiger partial charge in [-0.1, -0.05) is 29.5 Å². The average molecular weight is 319 g/mol. The molecule has 0 radical (unpaired) electrons. The predicted molar refractivity (Wildman–Crippen MR) is 83.4 cm³/mol. The van der Waals surface area contributed by atoms with Gasteiger partial charge in [-0.2, -0.15) is 0 Å². The third-order valence-corrected chi connectivity index (χ3v) is 4.06. The number of nitrogens with two attached hydrogens (primary N) is 1. The second-order valence-corrected chi connectivity index (χ2v) is 5.56. The van der Waals surface area contributed by atoms with Crippen LogP contribution in [0.4, 0.5) is 8.78 Å². The Hall–Kier alpha value is -1.07. The standard InChI is InChI=1S/C14H16F2N2S.ClH/c15-12-7-3-6-11(13(12)16)10-5-2-1-4-9(10)8-19-14(17)18;/h3,6-7H,1-2,4-5,8H2,(H3,17,18);1H. The molecule has 0 amide bonds. The Bertz CT molecular complexity index is 532. The molecule has 0 unspecified atom stereocenters. The molecular weight excluding hydrogens is 302 g/mol. The smallest absolute Gasteiger partial charge is 0.166 e. The number of amidine groups is 1. The highest BCUT2D eigenvalue weighted by atomic mass is 35.5. The highest BCUT2D eigenvalue weighted by molar-refractivity contribution is 8.13. The molecule has 0 saturated heterocycles. The molecule has 0 atom stereocenters. The van der Waals surface area contributed by atoms with Crippen molar-refractivity contribution < 1.29 is 8.78 Å². The summed E-state index contributed by atoms with van der Waals surface area (Å²) in [5.74, 6) is -1.00. The molecule has 0 heterocycles. The van der Waals surface area contributed by atoms with Crippen LogP contribution in [0.2, 0.25) is 0 Å². The zero-order valence-electron chi connectivity index (χ0n) is 10.9. The number of allylic oxidation sites excluding steroid dienone is 1. The lowest BCUT2D eigenvalue weighted by molar-refractivity contribution is 0.505. The molecule has 6 heteroatoms. The molecule has 110 valence electrons. The predicted octanol–water partition coefficient (Wildman–Crippen LogP) is 4.34. The largest absolute Gasteiger partial charge is 0.379 e. The van der Waals surface area contributed by atoms with E-state index in [0.717, 1.165) is 42.9 Å². The van der Waals surface area contributed by atoms with Crippen LogP contribution in [0.5, 0.6) is 0 Å². The van der Waals surface area contributed by atoms with Gasteiger partial charge in [0.1, 0.15) is 0 Å².